The number of nitrogens with one attached hydrogen (secondary N) is 2. The van der Waals surface area contributed by atoms with Crippen molar-refractivity contribution in [2.45, 2.75) is 31.6 Å². The van der Waals surface area contributed by atoms with Crippen LogP contribution in [0.2, 0.25) is 0 Å². The number of aliphatic hydroxyl groups excluding tert-OH is 1. The van der Waals surface area contributed by atoms with Gasteiger partial charge in [-0.05, 0) is 37.7 Å². The summed E-state index contributed by atoms with van der Waals surface area (Å²) in [5.74, 6) is 3.61. The van der Waals surface area contributed by atoms with Crippen molar-refractivity contribution in [3.63, 3.8) is 0 Å². The number of hydrogen-bond acceptors (Lipinski definition) is 6. The molecule has 2 aliphatic heterocycles. The molecule has 6 rings (SSSR count). The molecule has 2 saturated carbocycles. The Labute approximate surface area is 140 Å². The molecule has 4 aliphatic rings. The van der Waals surface area contributed by atoms with Crippen molar-refractivity contribution < 1.29 is 5.11 Å². The first-order valence-electron chi connectivity index (χ1n) is 8.74. The summed E-state index contributed by atoms with van der Waals surface area (Å²) in [6, 6.07) is 3.93. The molecule has 0 amide bonds. The number of fused-ring (bicyclic) bond motifs is 2. The summed E-state index contributed by atoms with van der Waals surface area (Å²) < 4.78 is 0. The van der Waals surface area contributed by atoms with Gasteiger partial charge in [0.1, 0.15) is 5.82 Å². The smallest absolute Gasteiger partial charge is 0.227 e. The zero-order valence-electron chi connectivity index (χ0n) is 13.6. The SMILES string of the molecule is OCC12CC(CN(c3nccc(Nc4cc(C5CC5)[nH]n4)n3)C1)C2. The van der Waals surface area contributed by atoms with Crippen LogP contribution in [0.4, 0.5) is 17.6 Å². The lowest BCUT2D eigenvalue weighted by atomic mass is 9.59. The van der Waals surface area contributed by atoms with Crippen molar-refractivity contribution in [1.82, 2.24) is 20.2 Å². The van der Waals surface area contributed by atoms with Gasteiger partial charge in [-0.15, -0.1) is 0 Å². The van der Waals surface area contributed by atoms with Crippen LogP contribution in [-0.2, 0) is 0 Å². The molecule has 2 aliphatic carbocycles. The van der Waals surface area contributed by atoms with Crippen molar-refractivity contribution in [1.29, 1.82) is 0 Å². The minimum Gasteiger partial charge on any atom is -0.396 e. The summed E-state index contributed by atoms with van der Waals surface area (Å²) in [5, 5.41) is 20.3. The zero-order chi connectivity index (χ0) is 16.1. The number of piperidine rings is 2. The number of aromatic amines is 1. The number of aliphatic hydroxyl groups is 1. The van der Waals surface area contributed by atoms with Crippen LogP contribution in [0.5, 0.6) is 0 Å². The Bertz CT molecular complexity index is 749. The Hall–Kier alpha value is -2.15. The Morgan fingerprint density at radius 2 is 2.21 bits per heavy atom. The third-order valence-electron chi connectivity index (χ3n) is 5.58. The van der Waals surface area contributed by atoms with E-state index in [9.17, 15) is 5.11 Å². The van der Waals surface area contributed by atoms with Crippen molar-refractivity contribution in [3.05, 3.63) is 24.0 Å². The maximum absolute atomic E-state index is 9.66. The lowest BCUT2D eigenvalue weighted by molar-refractivity contribution is -0.0210. The van der Waals surface area contributed by atoms with Crippen LogP contribution < -0.4 is 10.2 Å². The van der Waals surface area contributed by atoms with Gasteiger partial charge in [0, 0.05) is 42.4 Å². The molecule has 0 unspecified atom stereocenters. The standard InChI is InChI=1S/C17H22N6O/c24-10-17-6-11(7-17)8-23(9-17)16-18-4-3-14(20-16)19-15-5-13(21-22-15)12-1-2-12/h3-5,11-12,24H,1-2,6-10H2,(H2,18,19,20,21,22). The second kappa shape index (κ2) is 5.17. The Balaban J connectivity index is 1.32. The largest absolute Gasteiger partial charge is 0.396 e. The number of H-pyrrole nitrogens is 1. The Kier molecular flexibility index (Phi) is 3.06. The van der Waals surface area contributed by atoms with Crippen molar-refractivity contribution in [2.75, 3.05) is 29.9 Å². The fourth-order valence-electron chi connectivity index (χ4n) is 4.24. The van der Waals surface area contributed by atoms with Gasteiger partial charge in [0.15, 0.2) is 5.82 Å². The molecule has 2 saturated heterocycles. The van der Waals surface area contributed by atoms with Crippen LogP contribution in [0.25, 0.3) is 0 Å². The monoisotopic (exact) mass is 326 g/mol. The van der Waals surface area contributed by atoms with Crippen LogP contribution in [0, 0.1) is 11.3 Å². The van der Waals surface area contributed by atoms with E-state index in [1.165, 1.54) is 18.5 Å². The first-order chi connectivity index (χ1) is 11.7. The van der Waals surface area contributed by atoms with Gasteiger partial charge >= 0.3 is 0 Å². The van der Waals surface area contributed by atoms with Gasteiger partial charge < -0.3 is 15.3 Å². The number of aromatic nitrogens is 4. The zero-order valence-corrected chi connectivity index (χ0v) is 13.6. The van der Waals surface area contributed by atoms with Gasteiger partial charge in [-0.2, -0.15) is 10.1 Å². The van der Waals surface area contributed by atoms with Crippen LogP contribution in [-0.4, -0.2) is 45.0 Å². The maximum atomic E-state index is 9.66. The summed E-state index contributed by atoms with van der Waals surface area (Å²) in [5.41, 5.74) is 1.27. The second-order valence-electron chi connectivity index (χ2n) is 7.66. The van der Waals surface area contributed by atoms with E-state index in [1.807, 2.05) is 6.07 Å². The van der Waals surface area contributed by atoms with Gasteiger partial charge in [-0.25, -0.2) is 4.98 Å². The highest BCUT2D eigenvalue weighted by Gasteiger charge is 2.50. The van der Waals surface area contributed by atoms with Crippen LogP contribution >= 0.6 is 0 Å². The van der Waals surface area contributed by atoms with E-state index in [1.54, 1.807) is 6.20 Å². The summed E-state index contributed by atoms with van der Waals surface area (Å²) in [6.07, 6.45) is 6.55. The molecule has 0 aromatic carbocycles. The average Bonchev–Trinajstić information content (AvgIpc) is 3.34. The Morgan fingerprint density at radius 3 is 3.00 bits per heavy atom. The van der Waals surface area contributed by atoms with E-state index in [0.29, 0.717) is 11.8 Å². The van der Waals surface area contributed by atoms with Gasteiger partial charge in [-0.1, -0.05) is 0 Å². The van der Waals surface area contributed by atoms with E-state index < -0.39 is 0 Å². The minimum atomic E-state index is 0.0665. The van der Waals surface area contributed by atoms with Gasteiger partial charge in [-0.3, -0.25) is 5.10 Å². The van der Waals surface area contributed by atoms with Crippen LogP contribution in [0.15, 0.2) is 18.3 Å². The molecule has 7 nitrogen and oxygen atoms in total. The first kappa shape index (κ1) is 14.2. The number of anilines is 3. The highest BCUT2D eigenvalue weighted by atomic mass is 16.3. The highest BCUT2D eigenvalue weighted by molar-refractivity contribution is 5.54. The lowest BCUT2D eigenvalue weighted by Gasteiger charge is -2.55. The third kappa shape index (κ3) is 2.43. The molecule has 2 aromatic heterocycles. The van der Waals surface area contributed by atoms with E-state index in [-0.39, 0.29) is 12.0 Å². The molecule has 24 heavy (non-hydrogen) atoms. The predicted molar refractivity (Wildman–Crippen MR) is 90.3 cm³/mol. The second-order valence-corrected chi connectivity index (χ2v) is 7.66. The number of rotatable bonds is 5. The molecular weight excluding hydrogens is 304 g/mol. The van der Waals surface area contributed by atoms with Gasteiger partial charge in [0.25, 0.3) is 0 Å². The van der Waals surface area contributed by atoms with Crippen LogP contribution in [0.3, 0.4) is 0 Å². The fourth-order valence-corrected chi connectivity index (χ4v) is 4.24. The molecule has 126 valence electrons. The summed E-state index contributed by atoms with van der Waals surface area (Å²) >= 11 is 0. The summed E-state index contributed by atoms with van der Waals surface area (Å²) in [6.45, 7) is 2.09. The predicted octanol–water partition coefficient (Wildman–Crippen LogP) is 2.03. The molecule has 0 atom stereocenters. The van der Waals surface area contributed by atoms with Gasteiger partial charge in [0.2, 0.25) is 5.95 Å². The van der Waals surface area contributed by atoms with E-state index >= 15 is 0 Å². The molecule has 4 fully saturated rings. The van der Waals surface area contributed by atoms with Crippen molar-refractivity contribution >= 4 is 17.6 Å². The van der Waals surface area contributed by atoms with E-state index in [0.717, 1.165) is 43.5 Å². The molecule has 0 spiro atoms. The molecule has 4 heterocycles. The molecular formula is C17H22N6O. The Morgan fingerprint density at radius 1 is 1.33 bits per heavy atom. The highest BCUT2D eigenvalue weighted by Crippen LogP contribution is 2.50. The first-order valence-corrected chi connectivity index (χ1v) is 8.74. The minimum absolute atomic E-state index is 0.0665. The number of hydrogen-bond donors (Lipinski definition) is 3. The normalized spacial score (nSPS) is 28.5. The summed E-state index contributed by atoms with van der Waals surface area (Å²) in [4.78, 5) is 11.3. The maximum Gasteiger partial charge on any atom is 0.227 e. The molecule has 7 heteroatoms. The topological polar surface area (TPSA) is 90.0 Å². The van der Waals surface area contributed by atoms with E-state index in [4.69, 9.17) is 0 Å². The van der Waals surface area contributed by atoms with Gasteiger partial charge in [0.05, 0.1) is 6.61 Å². The van der Waals surface area contributed by atoms with Crippen molar-refractivity contribution in [3.8, 4) is 0 Å². The molecule has 2 aromatic rings. The quantitative estimate of drug-likeness (QED) is 0.779. The average molecular weight is 326 g/mol. The van der Waals surface area contributed by atoms with Crippen LogP contribution in [0.1, 0.15) is 37.3 Å². The fraction of sp³-hybridized carbons (Fsp3) is 0.588. The third-order valence-corrected chi connectivity index (χ3v) is 5.58. The van der Waals surface area contributed by atoms with Crippen molar-refractivity contribution in [2.24, 2.45) is 11.3 Å². The lowest BCUT2D eigenvalue weighted by Crippen LogP contribution is -2.58. The number of nitrogens with zero attached hydrogens (tertiary/aromatic N) is 4. The molecule has 0 radical (unpaired) electrons. The molecule has 3 N–H and O–H groups in total. The summed E-state index contributed by atoms with van der Waals surface area (Å²) in [7, 11) is 0. The van der Waals surface area contributed by atoms with E-state index in [2.05, 4.69) is 36.4 Å². The molecule has 2 bridgehead atoms.